The number of carbonyl (C=O) groups is 1. The minimum atomic E-state index is -4.21. The lowest BCUT2D eigenvalue weighted by Crippen LogP contribution is -2.32. The Morgan fingerprint density at radius 3 is 2.30 bits per heavy atom. The van der Waals surface area contributed by atoms with Crippen LogP contribution in [0.2, 0.25) is 0 Å². The second-order valence-corrected chi connectivity index (χ2v) is 1.98. The minimum Gasteiger partial charge on any atom is -0.302 e. The molecule has 0 amide bonds. The molecule has 10 heavy (non-hydrogen) atoms. The molecule has 0 aliphatic carbocycles. The first-order chi connectivity index (χ1) is 4.45. The average Bonchev–Trinajstić information content (AvgIpc) is 1.59. The number of alkyl halides is 3. The van der Waals surface area contributed by atoms with Crippen LogP contribution in [0.15, 0.2) is 0 Å². The molecule has 0 atom stereocenters. The highest BCUT2D eigenvalue weighted by molar-refractivity contribution is 5.51. The largest absolute Gasteiger partial charge is 0.401 e. The van der Waals surface area contributed by atoms with Crippen LogP contribution in [0.1, 0.15) is 0 Å². The standard InChI is InChI=1S/C5H8F3NO/c1-9(2-3-10)4-5(6,7)8/h3H,2,4H2,1H3. The smallest absolute Gasteiger partial charge is 0.302 e. The van der Waals surface area contributed by atoms with Gasteiger partial charge in [-0.15, -0.1) is 0 Å². The minimum absolute atomic E-state index is 0.181. The maximum atomic E-state index is 11.5. The molecule has 0 spiro atoms. The van der Waals surface area contributed by atoms with Crippen LogP contribution in [0.5, 0.6) is 0 Å². The molecule has 0 saturated carbocycles. The summed E-state index contributed by atoms with van der Waals surface area (Å²) in [6.45, 7) is -1.22. The van der Waals surface area contributed by atoms with E-state index in [1.54, 1.807) is 0 Å². The van der Waals surface area contributed by atoms with Gasteiger partial charge in [-0.05, 0) is 7.05 Å². The molecule has 5 heteroatoms. The average molecular weight is 155 g/mol. The number of likely N-dealkylation sites (N-methyl/N-ethyl adjacent to an activating group) is 1. The number of carbonyl (C=O) groups excluding carboxylic acids is 1. The van der Waals surface area contributed by atoms with E-state index < -0.39 is 12.7 Å². The normalized spacial score (nSPS) is 12.1. The predicted molar refractivity (Wildman–Crippen MR) is 29.6 cm³/mol. The van der Waals surface area contributed by atoms with E-state index in [4.69, 9.17) is 0 Å². The van der Waals surface area contributed by atoms with Crippen LogP contribution in [-0.4, -0.2) is 37.5 Å². The highest BCUT2D eigenvalue weighted by atomic mass is 19.4. The Labute approximate surface area is 56.6 Å². The first-order valence-electron chi connectivity index (χ1n) is 2.64. The molecule has 0 N–H and O–H groups in total. The lowest BCUT2D eigenvalue weighted by Gasteiger charge is -2.14. The Kier molecular flexibility index (Phi) is 3.35. The molecular weight excluding hydrogens is 147 g/mol. The van der Waals surface area contributed by atoms with Gasteiger partial charge in [0.25, 0.3) is 0 Å². The molecule has 0 aromatic rings. The van der Waals surface area contributed by atoms with E-state index >= 15 is 0 Å². The summed E-state index contributed by atoms with van der Waals surface area (Å²) in [5.74, 6) is 0. The Hall–Kier alpha value is -0.580. The molecular formula is C5H8F3NO. The van der Waals surface area contributed by atoms with E-state index in [1.807, 2.05) is 0 Å². The van der Waals surface area contributed by atoms with Crippen LogP contribution >= 0.6 is 0 Å². The number of nitrogens with zero attached hydrogens (tertiary/aromatic N) is 1. The highest BCUT2D eigenvalue weighted by Crippen LogP contribution is 2.14. The Morgan fingerprint density at radius 2 is 2.00 bits per heavy atom. The van der Waals surface area contributed by atoms with Gasteiger partial charge in [-0.3, -0.25) is 4.90 Å². The second-order valence-electron chi connectivity index (χ2n) is 1.98. The first-order valence-corrected chi connectivity index (χ1v) is 2.64. The van der Waals surface area contributed by atoms with Gasteiger partial charge in [-0.25, -0.2) is 0 Å². The summed E-state index contributed by atoms with van der Waals surface area (Å²) in [7, 11) is 1.24. The van der Waals surface area contributed by atoms with Crippen molar-refractivity contribution in [3.05, 3.63) is 0 Å². The third-order valence-corrected chi connectivity index (χ3v) is 0.835. The summed E-state index contributed by atoms with van der Waals surface area (Å²) >= 11 is 0. The summed E-state index contributed by atoms with van der Waals surface area (Å²) in [6, 6.07) is 0. The Bertz CT molecular complexity index is 112. The fourth-order valence-corrected chi connectivity index (χ4v) is 0.498. The van der Waals surface area contributed by atoms with Crippen LogP contribution in [0.3, 0.4) is 0 Å². The SMILES string of the molecule is CN(CC=O)CC(F)(F)F. The number of aldehydes is 1. The molecule has 0 radical (unpaired) electrons. The summed E-state index contributed by atoms with van der Waals surface area (Å²) in [6.07, 6.45) is -3.77. The molecule has 0 saturated heterocycles. The van der Waals surface area contributed by atoms with Crippen molar-refractivity contribution < 1.29 is 18.0 Å². The van der Waals surface area contributed by atoms with Crippen LogP contribution < -0.4 is 0 Å². The van der Waals surface area contributed by atoms with E-state index in [0.717, 1.165) is 4.90 Å². The van der Waals surface area contributed by atoms with Crippen LogP contribution in [0, 0.1) is 0 Å². The molecule has 0 aliphatic rings. The topological polar surface area (TPSA) is 20.3 Å². The van der Waals surface area contributed by atoms with Crippen molar-refractivity contribution >= 4 is 6.29 Å². The van der Waals surface area contributed by atoms with E-state index in [1.165, 1.54) is 7.05 Å². The zero-order valence-corrected chi connectivity index (χ0v) is 5.48. The fourth-order valence-electron chi connectivity index (χ4n) is 0.498. The predicted octanol–water partition coefficient (Wildman–Crippen LogP) is 0.679. The maximum Gasteiger partial charge on any atom is 0.401 e. The Balaban J connectivity index is 3.56. The van der Waals surface area contributed by atoms with Crippen molar-refractivity contribution in [3.63, 3.8) is 0 Å². The molecule has 0 aliphatic heterocycles. The van der Waals surface area contributed by atoms with E-state index in [0.29, 0.717) is 6.29 Å². The quantitative estimate of drug-likeness (QED) is 0.558. The summed E-state index contributed by atoms with van der Waals surface area (Å²) in [5, 5.41) is 0. The number of rotatable bonds is 3. The van der Waals surface area contributed by atoms with Crippen LogP contribution in [0.4, 0.5) is 13.2 Å². The Morgan fingerprint density at radius 1 is 1.50 bits per heavy atom. The summed E-state index contributed by atoms with van der Waals surface area (Å²) in [4.78, 5) is 10.6. The van der Waals surface area contributed by atoms with Crippen molar-refractivity contribution in [2.24, 2.45) is 0 Å². The van der Waals surface area contributed by atoms with Crippen LogP contribution in [-0.2, 0) is 4.79 Å². The molecule has 0 bridgehead atoms. The monoisotopic (exact) mass is 155 g/mol. The third kappa shape index (κ3) is 5.55. The van der Waals surface area contributed by atoms with Crippen molar-refractivity contribution in [1.82, 2.24) is 4.90 Å². The zero-order valence-electron chi connectivity index (χ0n) is 5.48. The van der Waals surface area contributed by atoms with Gasteiger partial charge in [-0.2, -0.15) is 13.2 Å². The van der Waals surface area contributed by atoms with Crippen molar-refractivity contribution in [2.75, 3.05) is 20.1 Å². The lowest BCUT2D eigenvalue weighted by molar-refractivity contribution is -0.143. The highest BCUT2D eigenvalue weighted by Gasteiger charge is 2.28. The van der Waals surface area contributed by atoms with Gasteiger partial charge in [0.15, 0.2) is 0 Å². The van der Waals surface area contributed by atoms with Gasteiger partial charge in [0.1, 0.15) is 6.29 Å². The number of halogens is 3. The van der Waals surface area contributed by atoms with Gasteiger partial charge in [0.05, 0.1) is 13.1 Å². The fraction of sp³-hybridized carbons (Fsp3) is 0.800. The van der Waals surface area contributed by atoms with Gasteiger partial charge in [0.2, 0.25) is 0 Å². The van der Waals surface area contributed by atoms with Crippen molar-refractivity contribution in [2.45, 2.75) is 6.18 Å². The summed E-state index contributed by atoms with van der Waals surface area (Å²) in [5.41, 5.74) is 0. The third-order valence-electron chi connectivity index (χ3n) is 0.835. The maximum absolute atomic E-state index is 11.5. The molecule has 0 rings (SSSR count). The van der Waals surface area contributed by atoms with Gasteiger partial charge in [0, 0.05) is 0 Å². The van der Waals surface area contributed by atoms with E-state index in [2.05, 4.69) is 0 Å². The molecule has 0 unspecified atom stereocenters. The van der Waals surface area contributed by atoms with Crippen molar-refractivity contribution in [3.8, 4) is 0 Å². The van der Waals surface area contributed by atoms with E-state index in [-0.39, 0.29) is 6.54 Å². The molecule has 2 nitrogen and oxygen atoms in total. The van der Waals surface area contributed by atoms with Gasteiger partial charge < -0.3 is 4.79 Å². The van der Waals surface area contributed by atoms with E-state index in [9.17, 15) is 18.0 Å². The summed E-state index contributed by atoms with van der Waals surface area (Å²) < 4.78 is 34.4. The molecule has 0 fully saturated rings. The number of hydrogen-bond acceptors (Lipinski definition) is 2. The molecule has 0 aromatic heterocycles. The zero-order chi connectivity index (χ0) is 8.20. The number of hydrogen-bond donors (Lipinski definition) is 0. The van der Waals surface area contributed by atoms with Gasteiger partial charge >= 0.3 is 6.18 Å². The van der Waals surface area contributed by atoms with Crippen LogP contribution in [0.25, 0.3) is 0 Å². The molecule has 0 heterocycles. The molecule has 0 aromatic carbocycles. The first kappa shape index (κ1) is 9.42. The van der Waals surface area contributed by atoms with Crippen molar-refractivity contribution in [1.29, 1.82) is 0 Å². The lowest BCUT2D eigenvalue weighted by atomic mass is 10.5. The van der Waals surface area contributed by atoms with Gasteiger partial charge in [-0.1, -0.05) is 0 Å². The molecule has 60 valence electrons. The second kappa shape index (κ2) is 3.55.